The van der Waals surface area contributed by atoms with Crippen LogP contribution >= 0.6 is 11.3 Å². The van der Waals surface area contributed by atoms with Crippen LogP contribution in [0, 0.1) is 22.7 Å². The van der Waals surface area contributed by atoms with E-state index in [0.29, 0.717) is 5.01 Å². The molecular weight excluding hydrogens is 350 g/mol. The molecule has 1 atom stereocenters. The van der Waals surface area contributed by atoms with Crippen LogP contribution in [0.1, 0.15) is 39.5 Å². The number of hydrogen-bond acceptors (Lipinski definition) is 8. The van der Waals surface area contributed by atoms with Crippen LogP contribution in [-0.4, -0.2) is 22.5 Å². The molecule has 1 aromatic carbocycles. The molecule has 0 fully saturated rings. The maximum absolute atomic E-state index is 11.9. The number of nitrogens with two attached hydrogens (primary N) is 1. The first-order chi connectivity index (χ1) is 12.6. The van der Waals surface area contributed by atoms with Crippen molar-refractivity contribution in [2.75, 3.05) is 12.3 Å². The van der Waals surface area contributed by atoms with Gasteiger partial charge in [0.1, 0.15) is 28.4 Å². The molecular formula is C18H13N5O2S. The third kappa shape index (κ3) is 3.06. The highest BCUT2D eigenvalue weighted by atomic mass is 32.1. The van der Waals surface area contributed by atoms with E-state index < -0.39 is 11.9 Å². The van der Waals surface area contributed by atoms with Gasteiger partial charge in [-0.2, -0.15) is 10.5 Å². The minimum absolute atomic E-state index is 0.00754. The Hall–Kier alpha value is -3.49. The number of para-hydroxylation sites is 1. The van der Waals surface area contributed by atoms with Gasteiger partial charge in [-0.1, -0.05) is 12.1 Å². The minimum atomic E-state index is -0.861. The van der Waals surface area contributed by atoms with Gasteiger partial charge in [-0.25, -0.2) is 14.8 Å². The molecule has 3 rings (SSSR count). The summed E-state index contributed by atoms with van der Waals surface area (Å²) in [5.74, 6) is -1.60. The van der Waals surface area contributed by atoms with Crippen LogP contribution in [-0.2, 0) is 4.74 Å². The molecule has 3 aromatic rings. The van der Waals surface area contributed by atoms with Gasteiger partial charge in [0.2, 0.25) is 0 Å². The standard InChI is InChI=1S/C18H13N5O2S/c1-2-25-18(24)11-7-10(8-19)15(23-16(11)21)12(9-20)17-22-13-5-3-4-6-14(13)26-17/h3-7,12H,2H2,1H3,(H2,21,23). The van der Waals surface area contributed by atoms with Crippen molar-refractivity contribution in [2.24, 2.45) is 0 Å². The van der Waals surface area contributed by atoms with E-state index in [4.69, 9.17) is 10.5 Å². The van der Waals surface area contributed by atoms with Gasteiger partial charge in [0.05, 0.1) is 34.2 Å². The van der Waals surface area contributed by atoms with Crippen LogP contribution in [0.2, 0.25) is 0 Å². The van der Waals surface area contributed by atoms with Crippen molar-refractivity contribution in [3.8, 4) is 12.1 Å². The molecule has 8 heteroatoms. The van der Waals surface area contributed by atoms with Crippen molar-refractivity contribution in [1.82, 2.24) is 9.97 Å². The molecule has 0 aliphatic heterocycles. The molecule has 0 saturated heterocycles. The molecule has 0 aliphatic rings. The van der Waals surface area contributed by atoms with E-state index in [1.54, 1.807) is 6.92 Å². The number of rotatable bonds is 4. The number of benzene rings is 1. The predicted molar refractivity (Wildman–Crippen MR) is 96.4 cm³/mol. The predicted octanol–water partition coefficient (Wildman–Crippen LogP) is 2.98. The van der Waals surface area contributed by atoms with Gasteiger partial charge in [-0.15, -0.1) is 11.3 Å². The monoisotopic (exact) mass is 363 g/mol. The van der Waals surface area contributed by atoms with E-state index in [1.165, 1.54) is 17.4 Å². The summed E-state index contributed by atoms with van der Waals surface area (Å²) in [4.78, 5) is 20.6. The first-order valence-electron chi connectivity index (χ1n) is 7.71. The molecule has 26 heavy (non-hydrogen) atoms. The molecule has 2 N–H and O–H groups in total. The normalized spacial score (nSPS) is 11.5. The average molecular weight is 363 g/mol. The zero-order chi connectivity index (χ0) is 18.7. The Kier molecular flexibility index (Phi) is 4.78. The molecule has 2 aromatic heterocycles. The van der Waals surface area contributed by atoms with E-state index in [9.17, 15) is 15.3 Å². The quantitative estimate of drug-likeness (QED) is 0.706. The smallest absolute Gasteiger partial charge is 0.341 e. The number of aromatic nitrogens is 2. The van der Waals surface area contributed by atoms with E-state index in [-0.39, 0.29) is 29.2 Å². The number of esters is 1. The number of carbonyl (C=O) groups excluding carboxylic acids is 1. The molecule has 0 radical (unpaired) electrons. The summed E-state index contributed by atoms with van der Waals surface area (Å²) in [5.41, 5.74) is 6.92. The van der Waals surface area contributed by atoms with E-state index in [1.807, 2.05) is 30.3 Å². The lowest BCUT2D eigenvalue weighted by atomic mass is 10.0. The molecule has 0 aliphatic carbocycles. The highest BCUT2D eigenvalue weighted by molar-refractivity contribution is 7.18. The molecule has 128 valence electrons. The number of nitrogen functional groups attached to an aromatic ring is 1. The first-order valence-corrected chi connectivity index (χ1v) is 8.53. The molecule has 0 spiro atoms. The number of pyridine rings is 1. The highest BCUT2D eigenvalue weighted by Crippen LogP contribution is 2.33. The van der Waals surface area contributed by atoms with Gasteiger partial charge >= 0.3 is 5.97 Å². The topological polar surface area (TPSA) is 126 Å². The zero-order valence-corrected chi connectivity index (χ0v) is 14.6. The Morgan fingerprint density at radius 2 is 2.12 bits per heavy atom. The lowest BCUT2D eigenvalue weighted by Gasteiger charge is -2.11. The second-order valence-electron chi connectivity index (χ2n) is 5.27. The Balaban J connectivity index is 2.11. The van der Waals surface area contributed by atoms with Crippen molar-refractivity contribution >= 4 is 33.3 Å². The van der Waals surface area contributed by atoms with Gasteiger partial charge in [0.25, 0.3) is 0 Å². The van der Waals surface area contributed by atoms with Crippen LogP contribution in [0.25, 0.3) is 10.2 Å². The minimum Gasteiger partial charge on any atom is -0.462 e. The summed E-state index contributed by atoms with van der Waals surface area (Å²) in [7, 11) is 0. The van der Waals surface area contributed by atoms with Gasteiger partial charge in [-0.05, 0) is 25.1 Å². The van der Waals surface area contributed by atoms with Gasteiger partial charge in [-0.3, -0.25) is 0 Å². The van der Waals surface area contributed by atoms with Crippen LogP contribution in [0.15, 0.2) is 30.3 Å². The number of nitrogens with zero attached hydrogens (tertiary/aromatic N) is 4. The second kappa shape index (κ2) is 7.18. The number of fused-ring (bicyclic) bond motifs is 1. The fraction of sp³-hybridized carbons (Fsp3) is 0.167. The van der Waals surface area contributed by atoms with Crippen molar-refractivity contribution in [3.05, 3.63) is 52.2 Å². The summed E-state index contributed by atoms with van der Waals surface area (Å²) in [6, 6.07) is 12.9. The van der Waals surface area contributed by atoms with Crippen LogP contribution < -0.4 is 5.73 Å². The largest absolute Gasteiger partial charge is 0.462 e. The Morgan fingerprint density at radius 1 is 1.35 bits per heavy atom. The number of anilines is 1. The van der Waals surface area contributed by atoms with Crippen molar-refractivity contribution in [1.29, 1.82) is 10.5 Å². The van der Waals surface area contributed by atoms with Gasteiger partial charge in [0, 0.05) is 0 Å². The molecule has 1 unspecified atom stereocenters. The fourth-order valence-corrected chi connectivity index (χ4v) is 3.49. The van der Waals surface area contributed by atoms with Crippen molar-refractivity contribution in [2.45, 2.75) is 12.8 Å². The maximum atomic E-state index is 11.9. The number of hydrogen-bond donors (Lipinski definition) is 1. The van der Waals surface area contributed by atoms with Crippen molar-refractivity contribution < 1.29 is 9.53 Å². The Morgan fingerprint density at radius 3 is 2.77 bits per heavy atom. The maximum Gasteiger partial charge on any atom is 0.341 e. The number of ether oxygens (including phenoxy) is 1. The number of thiazole rings is 1. The third-order valence-electron chi connectivity index (χ3n) is 3.66. The average Bonchev–Trinajstić information content (AvgIpc) is 3.06. The van der Waals surface area contributed by atoms with Crippen LogP contribution in [0.4, 0.5) is 5.82 Å². The summed E-state index contributed by atoms with van der Waals surface area (Å²) in [6.07, 6.45) is 0. The second-order valence-corrected chi connectivity index (χ2v) is 6.33. The molecule has 2 heterocycles. The SMILES string of the molecule is CCOC(=O)c1cc(C#N)c(C(C#N)c2nc3ccccc3s2)nc1N. The lowest BCUT2D eigenvalue weighted by molar-refractivity contribution is 0.0527. The van der Waals surface area contributed by atoms with Crippen LogP contribution in [0.5, 0.6) is 0 Å². The zero-order valence-electron chi connectivity index (χ0n) is 13.8. The van der Waals surface area contributed by atoms with E-state index in [0.717, 1.165) is 10.2 Å². The molecule has 7 nitrogen and oxygen atoms in total. The number of carbonyl (C=O) groups is 1. The summed E-state index contributed by atoms with van der Waals surface area (Å²) in [5, 5.41) is 19.6. The Bertz CT molecular complexity index is 1040. The Labute approximate surface area is 153 Å². The van der Waals surface area contributed by atoms with Gasteiger partial charge in [0.15, 0.2) is 0 Å². The van der Waals surface area contributed by atoms with Gasteiger partial charge < -0.3 is 10.5 Å². The van der Waals surface area contributed by atoms with Crippen LogP contribution in [0.3, 0.4) is 0 Å². The molecule has 0 amide bonds. The fourth-order valence-electron chi connectivity index (χ4n) is 2.47. The van der Waals surface area contributed by atoms with E-state index in [2.05, 4.69) is 16.0 Å². The van der Waals surface area contributed by atoms with E-state index >= 15 is 0 Å². The summed E-state index contributed by atoms with van der Waals surface area (Å²) < 4.78 is 5.84. The molecule has 0 saturated carbocycles. The van der Waals surface area contributed by atoms with Crippen molar-refractivity contribution in [3.63, 3.8) is 0 Å². The first kappa shape index (κ1) is 17.3. The third-order valence-corrected chi connectivity index (χ3v) is 4.76. The highest BCUT2D eigenvalue weighted by Gasteiger charge is 2.26. The summed E-state index contributed by atoms with van der Waals surface area (Å²) >= 11 is 1.35. The lowest BCUT2D eigenvalue weighted by Crippen LogP contribution is -2.13. The summed E-state index contributed by atoms with van der Waals surface area (Å²) in [6.45, 7) is 1.84. The number of nitriles is 2. The molecule has 0 bridgehead atoms.